The van der Waals surface area contributed by atoms with Crippen molar-refractivity contribution in [2.75, 3.05) is 45.7 Å². The van der Waals surface area contributed by atoms with Gasteiger partial charge in [-0.2, -0.15) is 0 Å². The van der Waals surface area contributed by atoms with Crippen molar-refractivity contribution in [3.63, 3.8) is 0 Å². The summed E-state index contributed by atoms with van der Waals surface area (Å²) < 4.78 is 11.0. The maximum absolute atomic E-state index is 13.0. The van der Waals surface area contributed by atoms with Crippen LogP contribution in [0.25, 0.3) is 0 Å². The molecule has 44 heavy (non-hydrogen) atoms. The SMILES string of the molecule is COc1ccc(CN(CC(O)CNC(=O)c2ccc(NC3CCN(C(C)=O)CC3)cc2)C2Cc3ccccc3C2)c(OC)c1. The average Bonchev–Trinajstić information content (AvgIpc) is 3.48. The highest BCUT2D eigenvalue weighted by molar-refractivity contribution is 5.94. The number of nitrogens with zero attached hydrogens (tertiary/aromatic N) is 2. The number of ether oxygens (including phenoxy) is 2. The molecule has 1 heterocycles. The van der Waals surface area contributed by atoms with E-state index in [2.05, 4.69) is 39.8 Å². The number of hydrogen-bond acceptors (Lipinski definition) is 7. The highest BCUT2D eigenvalue weighted by atomic mass is 16.5. The van der Waals surface area contributed by atoms with Crippen LogP contribution in [0.1, 0.15) is 46.8 Å². The van der Waals surface area contributed by atoms with E-state index < -0.39 is 6.10 Å². The molecule has 1 fully saturated rings. The minimum absolute atomic E-state index is 0.123. The Kier molecular flexibility index (Phi) is 10.4. The second-order valence-electron chi connectivity index (χ2n) is 11.8. The Labute approximate surface area is 260 Å². The van der Waals surface area contributed by atoms with Gasteiger partial charge in [0, 0.05) is 74.6 Å². The zero-order valence-corrected chi connectivity index (χ0v) is 25.9. The number of benzene rings is 3. The van der Waals surface area contributed by atoms with E-state index in [0.717, 1.165) is 61.5 Å². The molecule has 1 aliphatic carbocycles. The zero-order valence-electron chi connectivity index (χ0n) is 25.9. The third-order valence-electron chi connectivity index (χ3n) is 8.82. The highest BCUT2D eigenvalue weighted by Gasteiger charge is 2.29. The standard InChI is InChI=1S/C35H44N4O5/c1-24(40)38-16-14-30(15-17-38)37-29-11-8-25(9-12-29)35(42)36-21-32(41)23-39(31-18-26-6-4-5-7-27(26)19-31)22-28-10-13-33(43-2)20-34(28)44-3/h4-13,20,30-32,37,41H,14-19,21-23H2,1-3H3,(H,36,42). The number of carbonyl (C=O) groups excluding carboxylic acids is 2. The van der Waals surface area contributed by atoms with Gasteiger partial charge in [-0.25, -0.2) is 0 Å². The van der Waals surface area contributed by atoms with Gasteiger partial charge in [-0.3, -0.25) is 14.5 Å². The molecule has 5 rings (SSSR count). The molecule has 1 saturated heterocycles. The Bertz CT molecular complexity index is 1400. The van der Waals surface area contributed by atoms with E-state index >= 15 is 0 Å². The van der Waals surface area contributed by atoms with Gasteiger partial charge >= 0.3 is 0 Å². The molecule has 0 radical (unpaired) electrons. The van der Waals surface area contributed by atoms with E-state index in [-0.39, 0.29) is 24.4 Å². The summed E-state index contributed by atoms with van der Waals surface area (Å²) in [5, 5.41) is 17.5. The summed E-state index contributed by atoms with van der Waals surface area (Å²) in [6, 6.07) is 22.2. The summed E-state index contributed by atoms with van der Waals surface area (Å²) in [6.45, 7) is 4.27. The minimum atomic E-state index is -0.756. The monoisotopic (exact) mass is 600 g/mol. The van der Waals surface area contributed by atoms with Crippen LogP contribution in [0, 0.1) is 0 Å². The number of aliphatic hydroxyl groups excluding tert-OH is 1. The number of anilines is 1. The molecule has 0 saturated carbocycles. The fourth-order valence-corrected chi connectivity index (χ4v) is 6.28. The largest absolute Gasteiger partial charge is 0.497 e. The van der Waals surface area contributed by atoms with Gasteiger partial charge in [0.25, 0.3) is 5.91 Å². The molecule has 3 aromatic carbocycles. The lowest BCUT2D eigenvalue weighted by Crippen LogP contribution is -2.44. The van der Waals surface area contributed by atoms with Gasteiger partial charge in [-0.05, 0) is 67.1 Å². The van der Waals surface area contributed by atoms with Gasteiger partial charge in [-0.1, -0.05) is 30.3 Å². The first-order chi connectivity index (χ1) is 21.3. The molecule has 0 bridgehead atoms. The van der Waals surface area contributed by atoms with E-state index in [9.17, 15) is 14.7 Å². The van der Waals surface area contributed by atoms with Gasteiger partial charge in [0.1, 0.15) is 11.5 Å². The molecule has 2 amide bonds. The fourth-order valence-electron chi connectivity index (χ4n) is 6.28. The topological polar surface area (TPSA) is 103 Å². The smallest absolute Gasteiger partial charge is 0.251 e. The number of fused-ring (bicyclic) bond motifs is 1. The molecule has 9 nitrogen and oxygen atoms in total. The fraction of sp³-hybridized carbons (Fsp3) is 0.429. The summed E-state index contributed by atoms with van der Waals surface area (Å²) in [7, 11) is 3.29. The number of nitrogens with one attached hydrogen (secondary N) is 2. The molecule has 3 N–H and O–H groups in total. The summed E-state index contributed by atoms with van der Waals surface area (Å²) in [4.78, 5) is 28.7. The van der Waals surface area contributed by atoms with Gasteiger partial charge in [-0.15, -0.1) is 0 Å². The molecule has 2 aliphatic rings. The lowest BCUT2D eigenvalue weighted by Gasteiger charge is -2.32. The Morgan fingerprint density at radius 1 is 0.977 bits per heavy atom. The van der Waals surface area contributed by atoms with Crippen LogP contribution in [0.5, 0.6) is 11.5 Å². The van der Waals surface area contributed by atoms with Gasteiger partial charge in [0.2, 0.25) is 5.91 Å². The maximum atomic E-state index is 13.0. The molecule has 9 heteroatoms. The first-order valence-corrected chi connectivity index (χ1v) is 15.4. The quantitative estimate of drug-likeness (QED) is 0.290. The van der Waals surface area contributed by atoms with Crippen LogP contribution in [-0.4, -0.2) is 85.3 Å². The molecule has 0 aromatic heterocycles. The number of amides is 2. The first-order valence-electron chi connectivity index (χ1n) is 15.4. The Hall–Kier alpha value is -4.08. The number of aliphatic hydroxyl groups is 1. The Balaban J connectivity index is 1.17. The number of likely N-dealkylation sites (tertiary alicyclic amines) is 1. The van der Waals surface area contributed by atoms with E-state index in [1.54, 1.807) is 33.3 Å². The average molecular weight is 601 g/mol. The summed E-state index contributed by atoms with van der Waals surface area (Å²) in [5.41, 5.74) is 5.18. The zero-order chi connectivity index (χ0) is 31.1. The van der Waals surface area contributed by atoms with Crippen molar-refractivity contribution in [2.45, 2.75) is 57.3 Å². The third-order valence-corrected chi connectivity index (χ3v) is 8.82. The van der Waals surface area contributed by atoms with E-state index in [4.69, 9.17) is 9.47 Å². The third kappa shape index (κ3) is 7.89. The Morgan fingerprint density at radius 2 is 1.66 bits per heavy atom. The van der Waals surface area contributed by atoms with E-state index in [1.165, 1.54) is 11.1 Å². The van der Waals surface area contributed by atoms with Gasteiger partial charge in [0.05, 0.1) is 20.3 Å². The first kappa shape index (κ1) is 31.3. The van der Waals surface area contributed by atoms with Crippen molar-refractivity contribution in [1.82, 2.24) is 15.1 Å². The predicted octanol–water partition coefficient (Wildman–Crippen LogP) is 3.89. The number of carbonyl (C=O) groups is 2. The van der Waals surface area contributed by atoms with Crippen molar-refractivity contribution in [2.24, 2.45) is 0 Å². The van der Waals surface area contributed by atoms with Crippen molar-refractivity contribution in [3.05, 3.63) is 89.0 Å². The van der Waals surface area contributed by atoms with Crippen LogP contribution in [0.3, 0.4) is 0 Å². The van der Waals surface area contributed by atoms with Crippen LogP contribution in [-0.2, 0) is 24.2 Å². The second-order valence-corrected chi connectivity index (χ2v) is 11.8. The van der Waals surface area contributed by atoms with Crippen molar-refractivity contribution in [1.29, 1.82) is 0 Å². The second kappa shape index (κ2) is 14.6. The van der Waals surface area contributed by atoms with Crippen LogP contribution in [0.4, 0.5) is 5.69 Å². The van der Waals surface area contributed by atoms with Crippen LogP contribution >= 0.6 is 0 Å². The van der Waals surface area contributed by atoms with E-state index in [1.807, 2.05) is 35.2 Å². The molecular weight excluding hydrogens is 556 g/mol. The summed E-state index contributed by atoms with van der Waals surface area (Å²) in [6.07, 6.45) is 2.85. The molecule has 1 atom stereocenters. The molecule has 234 valence electrons. The van der Waals surface area contributed by atoms with Gasteiger partial charge < -0.3 is 30.1 Å². The predicted molar refractivity (Wildman–Crippen MR) is 171 cm³/mol. The highest BCUT2D eigenvalue weighted by Crippen LogP contribution is 2.30. The molecule has 3 aromatic rings. The normalized spacial score (nSPS) is 16.0. The van der Waals surface area contributed by atoms with Crippen LogP contribution in [0.2, 0.25) is 0 Å². The minimum Gasteiger partial charge on any atom is -0.497 e. The van der Waals surface area contributed by atoms with Crippen LogP contribution < -0.4 is 20.1 Å². The molecule has 1 aliphatic heterocycles. The molecular formula is C35H44N4O5. The van der Waals surface area contributed by atoms with Gasteiger partial charge in [0.15, 0.2) is 0 Å². The number of rotatable bonds is 12. The lowest BCUT2D eigenvalue weighted by molar-refractivity contribution is -0.129. The molecule has 0 spiro atoms. The Morgan fingerprint density at radius 3 is 2.27 bits per heavy atom. The van der Waals surface area contributed by atoms with E-state index in [0.29, 0.717) is 24.7 Å². The lowest BCUT2D eigenvalue weighted by atomic mass is 10.0. The number of hydrogen-bond donors (Lipinski definition) is 3. The molecule has 1 unspecified atom stereocenters. The summed E-state index contributed by atoms with van der Waals surface area (Å²) in [5.74, 6) is 1.37. The number of methoxy groups -OCH3 is 2. The van der Waals surface area contributed by atoms with Crippen molar-refractivity contribution in [3.8, 4) is 11.5 Å². The summed E-state index contributed by atoms with van der Waals surface area (Å²) >= 11 is 0. The van der Waals surface area contributed by atoms with Crippen molar-refractivity contribution >= 4 is 17.5 Å². The maximum Gasteiger partial charge on any atom is 0.251 e. The van der Waals surface area contributed by atoms with Crippen molar-refractivity contribution < 1.29 is 24.2 Å². The van der Waals surface area contributed by atoms with Crippen LogP contribution in [0.15, 0.2) is 66.7 Å². The number of piperidine rings is 1.